The van der Waals surface area contributed by atoms with Crippen molar-refractivity contribution in [3.63, 3.8) is 0 Å². The van der Waals surface area contributed by atoms with Crippen molar-refractivity contribution in [1.82, 2.24) is 4.98 Å². The number of hydrazone groups is 1. The van der Waals surface area contributed by atoms with Crippen LogP contribution < -0.4 is 14.9 Å². The number of aromatic nitrogens is 1. The molecule has 1 aromatic heterocycles. The van der Waals surface area contributed by atoms with Crippen LogP contribution in [0.25, 0.3) is 0 Å². The molecule has 1 heterocycles. The summed E-state index contributed by atoms with van der Waals surface area (Å²) in [4.78, 5) is 4.27. The fraction of sp³-hybridized carbons (Fsp3) is 0.375. The summed E-state index contributed by atoms with van der Waals surface area (Å²) in [6, 6.07) is 3.57. The first-order valence-electron chi connectivity index (χ1n) is 7.33. The van der Waals surface area contributed by atoms with E-state index in [1.54, 1.807) is 12.3 Å². The van der Waals surface area contributed by atoms with Crippen molar-refractivity contribution in [1.29, 1.82) is 0 Å². The standard InChI is InChI=1S/C16H20ClN3O2S/c1-5-21-14-6-12(13(17)7-15(14)22-10(2)3)8-18-20-16-19-11(4)9-23-16/h6-10H,5H2,1-4H3,(H,19,20). The third-order valence-corrected chi connectivity index (χ3v) is 3.90. The Kier molecular flexibility index (Phi) is 6.24. The molecule has 0 saturated heterocycles. The zero-order valence-corrected chi connectivity index (χ0v) is 15.2. The van der Waals surface area contributed by atoms with E-state index < -0.39 is 0 Å². The molecule has 0 unspecified atom stereocenters. The molecule has 0 fully saturated rings. The van der Waals surface area contributed by atoms with Crippen LogP contribution in [0.2, 0.25) is 5.02 Å². The molecule has 0 saturated carbocycles. The third kappa shape index (κ3) is 5.11. The molecular weight excluding hydrogens is 334 g/mol. The molecule has 124 valence electrons. The summed E-state index contributed by atoms with van der Waals surface area (Å²) in [6.07, 6.45) is 1.68. The van der Waals surface area contributed by atoms with Gasteiger partial charge in [0.15, 0.2) is 11.5 Å². The molecule has 1 N–H and O–H groups in total. The lowest BCUT2D eigenvalue weighted by atomic mass is 10.2. The second-order valence-corrected chi connectivity index (χ2v) is 6.35. The third-order valence-electron chi connectivity index (χ3n) is 2.71. The van der Waals surface area contributed by atoms with E-state index in [1.165, 1.54) is 11.3 Å². The van der Waals surface area contributed by atoms with Crippen LogP contribution in [0.1, 0.15) is 32.0 Å². The summed E-state index contributed by atoms with van der Waals surface area (Å²) in [6.45, 7) is 8.32. The van der Waals surface area contributed by atoms with Gasteiger partial charge in [0.1, 0.15) is 0 Å². The molecule has 23 heavy (non-hydrogen) atoms. The summed E-state index contributed by atoms with van der Waals surface area (Å²) in [5.41, 5.74) is 4.59. The minimum absolute atomic E-state index is 0.0413. The zero-order valence-electron chi connectivity index (χ0n) is 13.6. The summed E-state index contributed by atoms with van der Waals surface area (Å²) in [7, 11) is 0. The summed E-state index contributed by atoms with van der Waals surface area (Å²) >= 11 is 7.80. The van der Waals surface area contributed by atoms with Crippen molar-refractivity contribution in [2.75, 3.05) is 12.0 Å². The highest BCUT2D eigenvalue weighted by Gasteiger charge is 2.11. The van der Waals surface area contributed by atoms with Gasteiger partial charge in [0.05, 0.1) is 29.6 Å². The van der Waals surface area contributed by atoms with E-state index in [1.807, 2.05) is 39.1 Å². The lowest BCUT2D eigenvalue weighted by Crippen LogP contribution is -2.08. The minimum atomic E-state index is 0.0413. The number of hydrogen-bond acceptors (Lipinski definition) is 6. The van der Waals surface area contributed by atoms with E-state index in [-0.39, 0.29) is 6.10 Å². The van der Waals surface area contributed by atoms with E-state index in [2.05, 4.69) is 15.5 Å². The van der Waals surface area contributed by atoms with Crippen molar-refractivity contribution in [3.05, 3.63) is 33.8 Å². The van der Waals surface area contributed by atoms with Gasteiger partial charge in [-0.3, -0.25) is 5.43 Å². The van der Waals surface area contributed by atoms with Gasteiger partial charge in [-0.1, -0.05) is 11.6 Å². The van der Waals surface area contributed by atoms with Gasteiger partial charge in [0, 0.05) is 17.0 Å². The van der Waals surface area contributed by atoms with Crippen LogP contribution >= 0.6 is 22.9 Å². The van der Waals surface area contributed by atoms with Gasteiger partial charge >= 0.3 is 0 Å². The molecule has 0 amide bonds. The Morgan fingerprint density at radius 2 is 2.17 bits per heavy atom. The average Bonchev–Trinajstić information content (AvgIpc) is 2.88. The SMILES string of the molecule is CCOc1cc(C=NNc2nc(C)cs2)c(Cl)cc1OC(C)C. The first kappa shape index (κ1) is 17.6. The molecule has 5 nitrogen and oxygen atoms in total. The van der Waals surface area contributed by atoms with Crippen molar-refractivity contribution >= 4 is 34.3 Å². The average molecular weight is 354 g/mol. The number of rotatable bonds is 7. The van der Waals surface area contributed by atoms with Crippen molar-refractivity contribution < 1.29 is 9.47 Å². The number of hydrogen-bond donors (Lipinski definition) is 1. The maximum Gasteiger partial charge on any atom is 0.203 e. The molecule has 2 rings (SSSR count). The number of thiazole rings is 1. The second kappa shape index (κ2) is 8.17. The molecule has 1 aromatic carbocycles. The molecule has 2 aromatic rings. The number of aryl methyl sites for hydroxylation is 1. The first-order chi connectivity index (χ1) is 11.0. The van der Waals surface area contributed by atoms with Gasteiger partial charge in [-0.15, -0.1) is 11.3 Å². The maximum absolute atomic E-state index is 6.30. The van der Waals surface area contributed by atoms with Crippen molar-refractivity contribution in [2.45, 2.75) is 33.8 Å². The summed E-state index contributed by atoms with van der Waals surface area (Å²) in [5, 5.41) is 7.41. The Hall–Kier alpha value is -1.79. The Bertz CT molecular complexity index is 686. The fourth-order valence-corrected chi connectivity index (χ4v) is 2.67. The predicted molar refractivity (Wildman–Crippen MR) is 96.5 cm³/mol. The second-order valence-electron chi connectivity index (χ2n) is 5.08. The van der Waals surface area contributed by atoms with Gasteiger partial charge < -0.3 is 9.47 Å². The number of nitrogens with one attached hydrogen (secondary N) is 1. The van der Waals surface area contributed by atoms with Gasteiger partial charge in [0.25, 0.3) is 0 Å². The molecular formula is C16H20ClN3O2S. The normalized spacial score (nSPS) is 11.2. The largest absolute Gasteiger partial charge is 0.490 e. The first-order valence-corrected chi connectivity index (χ1v) is 8.59. The van der Waals surface area contributed by atoms with Crippen LogP contribution in [0.5, 0.6) is 11.5 Å². The molecule has 0 radical (unpaired) electrons. The molecule has 0 atom stereocenters. The van der Waals surface area contributed by atoms with E-state index in [9.17, 15) is 0 Å². The molecule has 0 bridgehead atoms. The molecule has 0 aliphatic carbocycles. The van der Waals surface area contributed by atoms with E-state index >= 15 is 0 Å². The van der Waals surface area contributed by atoms with Gasteiger partial charge in [-0.05, 0) is 33.8 Å². The monoisotopic (exact) mass is 353 g/mol. The fourth-order valence-electron chi connectivity index (χ4n) is 1.83. The predicted octanol–water partition coefficient (Wildman–Crippen LogP) is 4.74. The summed E-state index contributed by atoms with van der Waals surface area (Å²) in [5.74, 6) is 1.28. The van der Waals surface area contributed by atoms with E-state index in [0.717, 1.165) is 16.4 Å². The Labute approximate surface area is 145 Å². The highest BCUT2D eigenvalue weighted by molar-refractivity contribution is 7.13. The topological polar surface area (TPSA) is 55.7 Å². The van der Waals surface area contributed by atoms with Crippen LogP contribution in [0, 0.1) is 6.92 Å². The Morgan fingerprint density at radius 3 is 2.78 bits per heavy atom. The Balaban J connectivity index is 2.18. The number of anilines is 1. The highest BCUT2D eigenvalue weighted by atomic mass is 35.5. The molecule has 0 aliphatic heterocycles. The number of benzene rings is 1. The van der Waals surface area contributed by atoms with Crippen LogP contribution in [0.15, 0.2) is 22.6 Å². The van der Waals surface area contributed by atoms with Gasteiger partial charge in [-0.2, -0.15) is 5.10 Å². The van der Waals surface area contributed by atoms with Gasteiger partial charge in [0.2, 0.25) is 5.13 Å². The highest BCUT2D eigenvalue weighted by Crippen LogP contribution is 2.33. The number of halogens is 1. The number of ether oxygens (including phenoxy) is 2. The van der Waals surface area contributed by atoms with E-state index in [0.29, 0.717) is 23.1 Å². The maximum atomic E-state index is 6.30. The van der Waals surface area contributed by atoms with Crippen molar-refractivity contribution in [2.24, 2.45) is 5.10 Å². The van der Waals surface area contributed by atoms with Crippen molar-refractivity contribution in [3.8, 4) is 11.5 Å². The Morgan fingerprint density at radius 1 is 1.39 bits per heavy atom. The molecule has 7 heteroatoms. The molecule has 0 aliphatic rings. The lowest BCUT2D eigenvalue weighted by molar-refractivity contribution is 0.224. The van der Waals surface area contributed by atoms with Crippen LogP contribution in [0.3, 0.4) is 0 Å². The molecule has 0 spiro atoms. The lowest BCUT2D eigenvalue weighted by Gasteiger charge is -2.15. The smallest absolute Gasteiger partial charge is 0.203 e. The quantitative estimate of drug-likeness (QED) is 0.577. The number of nitrogens with zero attached hydrogens (tertiary/aromatic N) is 2. The van der Waals surface area contributed by atoms with Crippen LogP contribution in [-0.2, 0) is 0 Å². The van der Waals surface area contributed by atoms with Crippen LogP contribution in [0.4, 0.5) is 5.13 Å². The minimum Gasteiger partial charge on any atom is -0.490 e. The summed E-state index contributed by atoms with van der Waals surface area (Å²) < 4.78 is 11.4. The zero-order chi connectivity index (χ0) is 16.8. The van der Waals surface area contributed by atoms with Crippen LogP contribution in [-0.4, -0.2) is 23.9 Å². The van der Waals surface area contributed by atoms with Gasteiger partial charge in [-0.25, -0.2) is 4.98 Å². The van der Waals surface area contributed by atoms with E-state index in [4.69, 9.17) is 21.1 Å².